The van der Waals surface area contributed by atoms with Crippen molar-refractivity contribution in [3.8, 4) is 33.4 Å². The van der Waals surface area contributed by atoms with Crippen LogP contribution in [-0.4, -0.2) is 6.85 Å². The molecule has 0 unspecified atom stereocenters. The number of para-hydroxylation sites is 1. The van der Waals surface area contributed by atoms with Crippen LogP contribution in [0.3, 0.4) is 0 Å². The molecule has 0 aromatic heterocycles. The molecule has 2 heterocycles. The molecule has 8 rings (SSSR count). The molecule has 0 fully saturated rings. The van der Waals surface area contributed by atoms with Crippen molar-refractivity contribution in [2.24, 2.45) is 0 Å². The summed E-state index contributed by atoms with van der Waals surface area (Å²) < 4.78 is 0. The average molecular weight is 455 g/mol. The molecule has 0 atom stereocenters. The van der Waals surface area contributed by atoms with Crippen LogP contribution in [0.1, 0.15) is 0 Å². The quantitative estimate of drug-likeness (QED) is 0.233. The molecule has 0 spiro atoms. The molecule has 6 aromatic rings. The van der Waals surface area contributed by atoms with Crippen LogP contribution >= 0.6 is 0 Å². The topological polar surface area (TPSA) is 3.24 Å². The summed E-state index contributed by atoms with van der Waals surface area (Å²) in [5.41, 5.74) is 13.0. The van der Waals surface area contributed by atoms with Gasteiger partial charge in [0.1, 0.15) is 0 Å². The first-order valence-electron chi connectivity index (χ1n) is 12.6. The van der Waals surface area contributed by atoms with E-state index in [-0.39, 0.29) is 6.85 Å². The summed E-state index contributed by atoms with van der Waals surface area (Å²) in [6.45, 7) is 0.159. The van der Waals surface area contributed by atoms with Crippen LogP contribution in [0.25, 0.3) is 44.2 Å². The monoisotopic (exact) mass is 455 g/mol. The zero-order valence-electron chi connectivity index (χ0n) is 19.7. The smallest absolute Gasteiger partial charge is 0.329 e. The lowest BCUT2D eigenvalue weighted by Gasteiger charge is -2.43. The summed E-state index contributed by atoms with van der Waals surface area (Å²) >= 11 is 0. The largest absolute Gasteiger partial charge is 0.376 e. The van der Waals surface area contributed by atoms with E-state index in [1.807, 2.05) is 0 Å². The molecule has 0 N–H and O–H groups in total. The van der Waals surface area contributed by atoms with Gasteiger partial charge in [-0.15, -0.1) is 0 Å². The molecule has 6 aromatic carbocycles. The Balaban J connectivity index is 1.39. The predicted molar refractivity (Wildman–Crippen MR) is 154 cm³/mol. The summed E-state index contributed by atoms with van der Waals surface area (Å²) in [6, 6.07) is 49.0. The average Bonchev–Trinajstić information content (AvgIpc) is 2.96. The van der Waals surface area contributed by atoms with Gasteiger partial charge in [0.15, 0.2) is 0 Å². The normalized spacial score (nSPS) is 12.9. The number of rotatable bonds is 1. The van der Waals surface area contributed by atoms with Crippen LogP contribution in [0.4, 0.5) is 11.4 Å². The molecule has 0 aliphatic carbocycles. The number of nitrogens with zero attached hydrogens (tertiary/aromatic N) is 1. The Morgan fingerprint density at radius 1 is 0.389 bits per heavy atom. The van der Waals surface area contributed by atoms with E-state index in [1.54, 1.807) is 0 Å². The second-order valence-electron chi connectivity index (χ2n) is 9.76. The Labute approximate surface area is 211 Å². The first-order valence-corrected chi connectivity index (χ1v) is 12.6. The third-order valence-corrected chi connectivity index (χ3v) is 7.85. The van der Waals surface area contributed by atoms with E-state index in [9.17, 15) is 0 Å². The molecular weight excluding hydrogens is 433 g/mol. The fourth-order valence-corrected chi connectivity index (χ4v) is 6.24. The van der Waals surface area contributed by atoms with Crippen LogP contribution in [0.15, 0.2) is 133 Å². The minimum absolute atomic E-state index is 0.159. The third kappa shape index (κ3) is 2.73. The van der Waals surface area contributed by atoms with Crippen LogP contribution in [0.5, 0.6) is 0 Å². The zero-order valence-corrected chi connectivity index (χ0v) is 19.7. The molecule has 1 nitrogen and oxygen atoms in total. The van der Waals surface area contributed by atoms with Gasteiger partial charge in [0.05, 0.1) is 0 Å². The second-order valence-corrected chi connectivity index (χ2v) is 9.76. The van der Waals surface area contributed by atoms with Crippen molar-refractivity contribution in [3.63, 3.8) is 0 Å². The molecule has 36 heavy (non-hydrogen) atoms. The van der Waals surface area contributed by atoms with E-state index in [2.05, 4.69) is 138 Å². The molecule has 0 saturated carbocycles. The minimum Gasteiger partial charge on any atom is -0.376 e. The molecule has 2 aliphatic heterocycles. The van der Waals surface area contributed by atoms with Crippen LogP contribution in [-0.2, 0) is 0 Å². The highest BCUT2D eigenvalue weighted by molar-refractivity contribution is 6.92. The molecule has 2 aliphatic rings. The van der Waals surface area contributed by atoms with E-state index >= 15 is 0 Å². The highest BCUT2D eigenvalue weighted by Gasteiger charge is 2.41. The molecule has 2 heteroatoms. The van der Waals surface area contributed by atoms with Gasteiger partial charge in [-0.2, -0.15) is 0 Å². The van der Waals surface area contributed by atoms with E-state index in [0.717, 1.165) is 0 Å². The van der Waals surface area contributed by atoms with Crippen molar-refractivity contribution in [1.29, 1.82) is 0 Å². The number of anilines is 2. The molecule has 0 amide bonds. The van der Waals surface area contributed by atoms with Gasteiger partial charge in [0, 0.05) is 22.5 Å². The van der Waals surface area contributed by atoms with Crippen molar-refractivity contribution < 1.29 is 0 Å². The van der Waals surface area contributed by atoms with E-state index < -0.39 is 0 Å². The van der Waals surface area contributed by atoms with Crippen molar-refractivity contribution in [3.05, 3.63) is 133 Å². The van der Waals surface area contributed by atoms with Crippen LogP contribution in [0.2, 0.25) is 0 Å². The van der Waals surface area contributed by atoms with Gasteiger partial charge in [0.2, 0.25) is 0 Å². The second kappa shape index (κ2) is 7.47. The first-order chi connectivity index (χ1) is 17.9. The Bertz CT molecular complexity index is 1820. The Hall–Kier alpha value is -4.56. The first kappa shape index (κ1) is 19.7. The van der Waals surface area contributed by atoms with Gasteiger partial charge in [-0.25, -0.2) is 0 Å². The van der Waals surface area contributed by atoms with Gasteiger partial charge in [-0.05, 0) is 68.2 Å². The lowest BCUT2D eigenvalue weighted by molar-refractivity contribution is 1.35. The van der Waals surface area contributed by atoms with Crippen molar-refractivity contribution in [2.45, 2.75) is 0 Å². The molecular formula is C34H22BN. The van der Waals surface area contributed by atoms with Crippen LogP contribution < -0.4 is 15.7 Å². The van der Waals surface area contributed by atoms with Crippen molar-refractivity contribution in [2.75, 3.05) is 4.81 Å². The van der Waals surface area contributed by atoms with E-state index in [0.29, 0.717) is 0 Å². The van der Waals surface area contributed by atoms with Crippen molar-refractivity contribution in [1.82, 2.24) is 0 Å². The summed E-state index contributed by atoms with van der Waals surface area (Å²) in [5.74, 6) is 0. The van der Waals surface area contributed by atoms with Gasteiger partial charge >= 0.3 is 6.85 Å². The zero-order chi connectivity index (χ0) is 23.6. The maximum atomic E-state index is 2.56. The highest BCUT2D eigenvalue weighted by atomic mass is 15.1. The van der Waals surface area contributed by atoms with Gasteiger partial charge in [-0.1, -0.05) is 109 Å². The SMILES string of the molecule is c1ccc2c(c1)B1c3ccccc3-c3cc(-c4ccc5ccccc5c4)ccc3N1c1ccccc1-2. The lowest BCUT2D eigenvalue weighted by Crippen LogP contribution is -2.59. The highest BCUT2D eigenvalue weighted by Crippen LogP contribution is 2.46. The van der Waals surface area contributed by atoms with E-state index in [4.69, 9.17) is 0 Å². The number of hydrogen-bond donors (Lipinski definition) is 0. The van der Waals surface area contributed by atoms with E-state index in [1.165, 1.54) is 66.5 Å². The Kier molecular flexibility index (Phi) is 4.09. The number of hydrogen-bond acceptors (Lipinski definition) is 1. The summed E-state index contributed by atoms with van der Waals surface area (Å²) in [5, 5.41) is 2.55. The fraction of sp³-hybridized carbons (Fsp3) is 0. The van der Waals surface area contributed by atoms with Crippen molar-refractivity contribution >= 4 is 39.9 Å². The standard InChI is InChI=1S/C34H22BN/c1-2-10-24-21-25(18-17-23(24)9-1)26-19-20-34-30(22-26)28-12-4-7-15-32(28)35-31-14-6-3-11-27(31)29-13-5-8-16-33(29)36(34)35/h1-22H. The third-order valence-electron chi connectivity index (χ3n) is 7.85. The predicted octanol–water partition coefficient (Wildman–Crippen LogP) is 7.41. The number of fused-ring (bicyclic) bond motifs is 12. The summed E-state index contributed by atoms with van der Waals surface area (Å²) in [6.07, 6.45) is 0. The van der Waals surface area contributed by atoms with Gasteiger partial charge in [0.25, 0.3) is 0 Å². The molecule has 0 radical (unpaired) electrons. The minimum atomic E-state index is 0.159. The molecule has 166 valence electrons. The lowest BCUT2D eigenvalue weighted by atomic mass is 9.43. The summed E-state index contributed by atoms with van der Waals surface area (Å²) in [7, 11) is 0. The Morgan fingerprint density at radius 2 is 0.944 bits per heavy atom. The molecule has 0 saturated heterocycles. The van der Waals surface area contributed by atoms with Gasteiger partial charge in [-0.3, -0.25) is 0 Å². The molecule has 0 bridgehead atoms. The maximum Gasteiger partial charge on any atom is 0.329 e. The fourth-order valence-electron chi connectivity index (χ4n) is 6.24. The maximum absolute atomic E-state index is 2.56. The number of benzene rings is 6. The van der Waals surface area contributed by atoms with Gasteiger partial charge < -0.3 is 4.81 Å². The van der Waals surface area contributed by atoms with Crippen LogP contribution in [0, 0.1) is 0 Å². The Morgan fingerprint density at radius 3 is 1.75 bits per heavy atom. The summed E-state index contributed by atoms with van der Waals surface area (Å²) in [4.78, 5) is 2.56.